The van der Waals surface area contributed by atoms with Crippen molar-refractivity contribution in [3.8, 4) is 5.75 Å². The molecule has 2 aliphatic heterocycles. The van der Waals surface area contributed by atoms with Gasteiger partial charge in [0, 0.05) is 36.1 Å². The van der Waals surface area contributed by atoms with E-state index in [0.29, 0.717) is 0 Å². The number of halogens is 1. The number of aliphatic imine (C=N–C) groups is 1. The average Bonchev–Trinajstić information content (AvgIpc) is 2.85. The molecule has 0 amide bonds. The van der Waals surface area contributed by atoms with Crippen molar-refractivity contribution in [1.29, 1.82) is 0 Å². The molecule has 3 rings (SSSR count). The van der Waals surface area contributed by atoms with E-state index in [9.17, 15) is 0 Å². The first-order valence-electron chi connectivity index (χ1n) is 6.29. The van der Waals surface area contributed by atoms with Gasteiger partial charge in [0.05, 0.1) is 6.61 Å². The van der Waals surface area contributed by atoms with E-state index in [2.05, 4.69) is 43.7 Å². The van der Waals surface area contributed by atoms with Crippen LogP contribution in [0.25, 0.3) is 0 Å². The van der Waals surface area contributed by atoms with Crippen LogP contribution in [-0.4, -0.2) is 25.7 Å². The van der Waals surface area contributed by atoms with Crippen LogP contribution in [0.2, 0.25) is 0 Å². The zero-order chi connectivity index (χ0) is 12.4. The monoisotopic (exact) mass is 309 g/mol. The Labute approximate surface area is 115 Å². The van der Waals surface area contributed by atoms with Gasteiger partial charge in [-0.2, -0.15) is 0 Å². The fraction of sp³-hybridized carbons (Fsp3) is 0.462. The minimum absolute atomic E-state index is 0.744. The van der Waals surface area contributed by atoms with E-state index in [1.54, 1.807) is 0 Å². The topological polar surface area (TPSA) is 45.7 Å². The number of benzene rings is 1. The van der Waals surface area contributed by atoms with E-state index in [1.807, 2.05) is 0 Å². The molecule has 0 radical (unpaired) electrons. The first kappa shape index (κ1) is 11.8. The third-order valence-corrected chi connectivity index (χ3v) is 3.63. The van der Waals surface area contributed by atoms with Crippen LogP contribution in [-0.2, 0) is 13.0 Å². The van der Waals surface area contributed by atoms with Crippen molar-refractivity contribution >= 4 is 21.9 Å². The minimum Gasteiger partial charge on any atom is -0.493 e. The van der Waals surface area contributed by atoms with Crippen molar-refractivity contribution in [1.82, 2.24) is 10.6 Å². The zero-order valence-corrected chi connectivity index (χ0v) is 11.7. The highest BCUT2D eigenvalue weighted by atomic mass is 79.9. The number of fused-ring (bicyclic) bond motifs is 1. The van der Waals surface area contributed by atoms with Crippen LogP contribution >= 0.6 is 15.9 Å². The number of nitrogens with zero attached hydrogens (tertiary/aromatic N) is 1. The van der Waals surface area contributed by atoms with Gasteiger partial charge in [-0.15, -0.1) is 0 Å². The molecule has 0 saturated heterocycles. The van der Waals surface area contributed by atoms with Crippen LogP contribution in [0.5, 0.6) is 5.75 Å². The van der Waals surface area contributed by atoms with Gasteiger partial charge >= 0.3 is 0 Å². The Hall–Kier alpha value is -1.23. The van der Waals surface area contributed by atoms with Gasteiger partial charge in [-0.1, -0.05) is 15.9 Å². The quantitative estimate of drug-likeness (QED) is 0.876. The molecule has 0 fully saturated rings. The van der Waals surface area contributed by atoms with Gasteiger partial charge in [0.15, 0.2) is 5.96 Å². The summed E-state index contributed by atoms with van der Waals surface area (Å²) < 4.78 is 6.82. The Morgan fingerprint density at radius 2 is 2.39 bits per heavy atom. The standard InChI is InChI=1S/C13H16BrN3O/c14-11-6-9-2-5-18-12(9)10(7-11)8-17-13-15-3-1-4-16-13/h6-7H,1-5,8H2,(H2,15,16,17). The summed E-state index contributed by atoms with van der Waals surface area (Å²) in [4.78, 5) is 4.40. The van der Waals surface area contributed by atoms with E-state index >= 15 is 0 Å². The van der Waals surface area contributed by atoms with Gasteiger partial charge in [0.25, 0.3) is 0 Å². The molecule has 1 aromatic carbocycles. The summed E-state index contributed by atoms with van der Waals surface area (Å²) in [6.07, 6.45) is 2.11. The number of guanidine groups is 1. The summed E-state index contributed by atoms with van der Waals surface area (Å²) in [6, 6.07) is 4.25. The molecule has 0 unspecified atom stereocenters. The molecule has 0 aliphatic carbocycles. The third kappa shape index (κ3) is 2.46. The summed E-state index contributed by atoms with van der Waals surface area (Å²) in [5.74, 6) is 1.94. The first-order valence-corrected chi connectivity index (χ1v) is 7.08. The average molecular weight is 310 g/mol. The van der Waals surface area contributed by atoms with Gasteiger partial charge in [0.2, 0.25) is 0 Å². The molecular formula is C13H16BrN3O. The minimum atomic E-state index is 0.744. The van der Waals surface area contributed by atoms with Crippen LogP contribution in [0.1, 0.15) is 17.5 Å². The van der Waals surface area contributed by atoms with E-state index in [0.717, 1.165) is 55.3 Å². The fourth-order valence-electron chi connectivity index (χ4n) is 2.31. The molecule has 0 aromatic heterocycles. The maximum absolute atomic E-state index is 5.70. The summed E-state index contributed by atoms with van der Waals surface area (Å²) in [7, 11) is 0. The fourth-order valence-corrected chi connectivity index (χ4v) is 2.86. The van der Waals surface area contributed by atoms with Crippen molar-refractivity contribution < 1.29 is 4.74 Å². The van der Waals surface area contributed by atoms with Crippen molar-refractivity contribution in [2.45, 2.75) is 19.4 Å². The van der Waals surface area contributed by atoms with Gasteiger partial charge in [0.1, 0.15) is 5.75 Å². The van der Waals surface area contributed by atoms with Crippen LogP contribution in [0.15, 0.2) is 21.6 Å². The molecule has 0 atom stereocenters. The second-order valence-corrected chi connectivity index (χ2v) is 5.43. The predicted molar refractivity (Wildman–Crippen MR) is 75.1 cm³/mol. The largest absolute Gasteiger partial charge is 0.493 e. The number of hydrogen-bond acceptors (Lipinski definition) is 4. The molecule has 2 N–H and O–H groups in total. The highest BCUT2D eigenvalue weighted by Gasteiger charge is 2.17. The molecular weight excluding hydrogens is 294 g/mol. The van der Waals surface area contributed by atoms with Gasteiger partial charge in [-0.3, -0.25) is 4.99 Å². The van der Waals surface area contributed by atoms with Crippen LogP contribution in [0.3, 0.4) is 0 Å². The molecule has 2 heterocycles. The smallest absolute Gasteiger partial charge is 0.191 e. The lowest BCUT2D eigenvalue weighted by molar-refractivity contribution is 0.353. The Bertz CT molecular complexity index is 487. The van der Waals surface area contributed by atoms with Gasteiger partial charge in [-0.05, 0) is 24.1 Å². The molecule has 0 bridgehead atoms. The molecule has 96 valence electrons. The maximum Gasteiger partial charge on any atom is 0.191 e. The Morgan fingerprint density at radius 3 is 3.22 bits per heavy atom. The molecule has 2 aliphatic rings. The third-order valence-electron chi connectivity index (χ3n) is 3.17. The van der Waals surface area contributed by atoms with Crippen molar-refractivity contribution in [3.63, 3.8) is 0 Å². The second kappa shape index (κ2) is 5.18. The Kier molecular flexibility index (Phi) is 3.41. The van der Waals surface area contributed by atoms with E-state index < -0.39 is 0 Å². The van der Waals surface area contributed by atoms with Crippen LogP contribution in [0, 0.1) is 0 Å². The lowest BCUT2D eigenvalue weighted by Crippen LogP contribution is -2.40. The molecule has 4 nitrogen and oxygen atoms in total. The molecule has 0 spiro atoms. The summed E-state index contributed by atoms with van der Waals surface area (Å²) in [6.45, 7) is 3.44. The van der Waals surface area contributed by atoms with Gasteiger partial charge < -0.3 is 15.4 Å². The lowest BCUT2D eigenvalue weighted by atomic mass is 10.1. The van der Waals surface area contributed by atoms with Gasteiger partial charge in [-0.25, -0.2) is 0 Å². The highest BCUT2D eigenvalue weighted by Crippen LogP contribution is 2.32. The maximum atomic E-state index is 5.70. The summed E-state index contributed by atoms with van der Waals surface area (Å²) in [5.41, 5.74) is 2.48. The SMILES string of the molecule is Brc1cc2c(c(CNC3=NCCCN3)c1)OCC2. The lowest BCUT2D eigenvalue weighted by Gasteiger charge is -2.17. The van der Waals surface area contributed by atoms with E-state index in [4.69, 9.17) is 4.74 Å². The second-order valence-electron chi connectivity index (χ2n) is 4.52. The Balaban J connectivity index is 1.74. The first-order chi connectivity index (χ1) is 8.83. The summed E-state index contributed by atoms with van der Waals surface area (Å²) in [5, 5.41) is 6.59. The van der Waals surface area contributed by atoms with Crippen molar-refractivity contribution in [3.05, 3.63) is 27.7 Å². The predicted octanol–water partition coefficient (Wildman–Crippen LogP) is 1.82. The van der Waals surface area contributed by atoms with Crippen LogP contribution in [0.4, 0.5) is 0 Å². The molecule has 1 aromatic rings. The molecule has 0 saturated carbocycles. The summed E-state index contributed by atoms with van der Waals surface area (Å²) >= 11 is 3.55. The highest BCUT2D eigenvalue weighted by molar-refractivity contribution is 9.10. The normalized spacial score (nSPS) is 17.5. The van der Waals surface area contributed by atoms with Crippen molar-refractivity contribution in [2.75, 3.05) is 19.7 Å². The Morgan fingerprint density at radius 1 is 1.44 bits per heavy atom. The number of hydrogen-bond donors (Lipinski definition) is 2. The van der Waals surface area contributed by atoms with Crippen LogP contribution < -0.4 is 15.4 Å². The number of rotatable bonds is 2. The van der Waals surface area contributed by atoms with E-state index in [1.165, 1.54) is 11.1 Å². The number of ether oxygens (including phenoxy) is 1. The van der Waals surface area contributed by atoms with Crippen molar-refractivity contribution in [2.24, 2.45) is 4.99 Å². The molecule has 18 heavy (non-hydrogen) atoms. The molecule has 5 heteroatoms. The van der Waals surface area contributed by atoms with E-state index in [-0.39, 0.29) is 0 Å². The zero-order valence-electron chi connectivity index (χ0n) is 10.1. The number of nitrogens with one attached hydrogen (secondary N) is 2.